The van der Waals surface area contributed by atoms with Crippen molar-refractivity contribution in [1.82, 2.24) is 14.9 Å². The Labute approximate surface area is 171 Å². The second-order valence-electron chi connectivity index (χ2n) is 7.03. The molecule has 0 saturated heterocycles. The Morgan fingerprint density at radius 2 is 1.79 bits per heavy atom. The Morgan fingerprint density at radius 1 is 1.03 bits per heavy atom. The van der Waals surface area contributed by atoms with Crippen molar-refractivity contribution in [2.45, 2.75) is 26.7 Å². The van der Waals surface area contributed by atoms with Gasteiger partial charge in [0.1, 0.15) is 12.1 Å². The summed E-state index contributed by atoms with van der Waals surface area (Å²) in [5.41, 5.74) is 8.94. The number of nitrogens with two attached hydrogens (primary N) is 1. The van der Waals surface area contributed by atoms with Gasteiger partial charge in [0.25, 0.3) is 0 Å². The lowest BCUT2D eigenvalue weighted by Crippen LogP contribution is -2.34. The van der Waals surface area contributed by atoms with Crippen molar-refractivity contribution in [1.29, 1.82) is 0 Å². The lowest BCUT2D eigenvalue weighted by atomic mass is 10.2. The quantitative estimate of drug-likeness (QED) is 0.476. The Morgan fingerprint density at radius 3 is 2.55 bits per heavy atom. The van der Waals surface area contributed by atoms with Crippen molar-refractivity contribution in [2.75, 3.05) is 36.0 Å². The summed E-state index contributed by atoms with van der Waals surface area (Å²) >= 11 is 0. The molecule has 0 unspecified atom stereocenters. The van der Waals surface area contributed by atoms with Crippen LogP contribution >= 0.6 is 0 Å². The van der Waals surface area contributed by atoms with E-state index in [0.717, 1.165) is 48.2 Å². The maximum atomic E-state index is 12.4. The van der Waals surface area contributed by atoms with Gasteiger partial charge >= 0.3 is 0 Å². The molecule has 2 aromatic carbocycles. The maximum absolute atomic E-state index is 12.4. The van der Waals surface area contributed by atoms with Crippen molar-refractivity contribution >= 4 is 39.7 Å². The van der Waals surface area contributed by atoms with Crippen LogP contribution in [0.25, 0.3) is 10.9 Å². The van der Waals surface area contributed by atoms with E-state index in [1.807, 2.05) is 42.5 Å². The van der Waals surface area contributed by atoms with Gasteiger partial charge in [-0.3, -0.25) is 9.69 Å². The molecule has 0 spiro atoms. The molecule has 4 N–H and O–H groups in total. The number of amides is 1. The average Bonchev–Trinajstić information content (AvgIpc) is 2.69. The Kier molecular flexibility index (Phi) is 6.97. The second-order valence-corrected chi connectivity index (χ2v) is 7.03. The highest BCUT2D eigenvalue weighted by molar-refractivity contribution is 5.94. The molecule has 7 heteroatoms. The van der Waals surface area contributed by atoms with E-state index >= 15 is 0 Å². The summed E-state index contributed by atoms with van der Waals surface area (Å²) in [5.74, 6) is 0.659. The fraction of sp³-hybridized carbons (Fsp3) is 0.318. The van der Waals surface area contributed by atoms with E-state index in [1.54, 1.807) is 0 Å². The monoisotopic (exact) mass is 392 g/mol. The van der Waals surface area contributed by atoms with Gasteiger partial charge in [-0.2, -0.15) is 0 Å². The first kappa shape index (κ1) is 20.5. The number of hydrogen-bond acceptors (Lipinski definition) is 6. The summed E-state index contributed by atoms with van der Waals surface area (Å²) < 4.78 is 0. The van der Waals surface area contributed by atoms with Crippen molar-refractivity contribution in [3.05, 3.63) is 48.8 Å². The number of carbonyl (C=O) groups excluding carboxylic acids is 1. The molecule has 7 nitrogen and oxygen atoms in total. The molecule has 3 aromatic rings. The minimum absolute atomic E-state index is 0.00990. The van der Waals surface area contributed by atoms with Crippen LogP contribution in [0.2, 0.25) is 0 Å². The normalized spacial score (nSPS) is 11.0. The molecule has 1 amide bonds. The van der Waals surface area contributed by atoms with Crippen LogP contribution < -0.4 is 16.4 Å². The molecular weight excluding hydrogens is 364 g/mol. The number of aromatic nitrogens is 2. The minimum atomic E-state index is -0.00990. The van der Waals surface area contributed by atoms with Gasteiger partial charge in [0, 0.05) is 22.4 Å². The molecular formula is C22H28N6O. The molecule has 0 aliphatic heterocycles. The highest BCUT2D eigenvalue weighted by Gasteiger charge is 2.10. The molecule has 1 heterocycles. The van der Waals surface area contributed by atoms with E-state index in [9.17, 15) is 4.79 Å². The van der Waals surface area contributed by atoms with E-state index in [2.05, 4.69) is 39.3 Å². The number of nitrogens with zero attached hydrogens (tertiary/aromatic N) is 3. The third kappa shape index (κ3) is 5.65. The topological polar surface area (TPSA) is 96.2 Å². The number of fused-ring (bicyclic) bond motifs is 1. The molecule has 0 atom stereocenters. The van der Waals surface area contributed by atoms with Crippen LogP contribution in [0.4, 0.5) is 22.9 Å². The zero-order valence-electron chi connectivity index (χ0n) is 17.0. The second kappa shape index (κ2) is 9.84. The Balaban J connectivity index is 1.72. The molecule has 0 aliphatic rings. The summed E-state index contributed by atoms with van der Waals surface area (Å²) in [7, 11) is 0. The van der Waals surface area contributed by atoms with E-state index in [4.69, 9.17) is 5.73 Å². The van der Waals surface area contributed by atoms with Gasteiger partial charge in [-0.25, -0.2) is 9.97 Å². The summed E-state index contributed by atoms with van der Waals surface area (Å²) in [4.78, 5) is 23.2. The van der Waals surface area contributed by atoms with Crippen LogP contribution in [-0.4, -0.2) is 40.4 Å². The number of anilines is 4. The fourth-order valence-electron chi connectivity index (χ4n) is 3.29. The molecule has 0 radical (unpaired) electrons. The van der Waals surface area contributed by atoms with E-state index in [0.29, 0.717) is 18.1 Å². The van der Waals surface area contributed by atoms with Crippen LogP contribution in [0.5, 0.6) is 0 Å². The zero-order valence-corrected chi connectivity index (χ0v) is 17.0. The minimum Gasteiger partial charge on any atom is -0.399 e. The SMILES string of the molecule is CCCN(CCC)CC(=O)Nc1cccc(Nc2ncnc3ccc(N)cc23)c1. The number of hydrogen-bond donors (Lipinski definition) is 3. The maximum Gasteiger partial charge on any atom is 0.238 e. The van der Waals surface area contributed by atoms with Crippen LogP contribution in [0.1, 0.15) is 26.7 Å². The van der Waals surface area contributed by atoms with Gasteiger partial charge in [0.05, 0.1) is 12.1 Å². The lowest BCUT2D eigenvalue weighted by molar-refractivity contribution is -0.117. The molecule has 3 rings (SSSR count). The molecule has 0 fully saturated rings. The van der Waals surface area contributed by atoms with Gasteiger partial charge < -0.3 is 16.4 Å². The summed E-state index contributed by atoms with van der Waals surface area (Å²) in [6.07, 6.45) is 3.58. The largest absolute Gasteiger partial charge is 0.399 e. The number of benzene rings is 2. The highest BCUT2D eigenvalue weighted by atomic mass is 16.2. The summed E-state index contributed by atoms with van der Waals surface area (Å²) in [5, 5.41) is 7.13. The molecule has 152 valence electrons. The lowest BCUT2D eigenvalue weighted by Gasteiger charge is -2.20. The van der Waals surface area contributed by atoms with Crippen LogP contribution in [-0.2, 0) is 4.79 Å². The van der Waals surface area contributed by atoms with Crippen LogP contribution in [0, 0.1) is 0 Å². The van der Waals surface area contributed by atoms with Gasteiger partial charge in [-0.05, 0) is 62.3 Å². The highest BCUT2D eigenvalue weighted by Crippen LogP contribution is 2.26. The predicted octanol–water partition coefficient (Wildman–Crippen LogP) is 4.02. The molecule has 1 aromatic heterocycles. The van der Waals surface area contributed by atoms with E-state index in [-0.39, 0.29) is 5.91 Å². The van der Waals surface area contributed by atoms with Crippen molar-refractivity contribution < 1.29 is 4.79 Å². The summed E-state index contributed by atoms with van der Waals surface area (Å²) in [6.45, 7) is 6.50. The zero-order chi connectivity index (χ0) is 20.6. The molecule has 0 saturated carbocycles. The average molecular weight is 393 g/mol. The van der Waals surface area contributed by atoms with Gasteiger partial charge in [-0.1, -0.05) is 19.9 Å². The van der Waals surface area contributed by atoms with Crippen molar-refractivity contribution in [3.8, 4) is 0 Å². The molecule has 0 bridgehead atoms. The third-order valence-corrected chi connectivity index (χ3v) is 4.52. The molecule has 29 heavy (non-hydrogen) atoms. The van der Waals surface area contributed by atoms with Gasteiger partial charge in [0.15, 0.2) is 0 Å². The first-order chi connectivity index (χ1) is 14.1. The summed E-state index contributed by atoms with van der Waals surface area (Å²) in [6, 6.07) is 13.1. The van der Waals surface area contributed by atoms with Gasteiger partial charge in [0.2, 0.25) is 5.91 Å². The Hall–Kier alpha value is -3.19. The predicted molar refractivity (Wildman–Crippen MR) is 119 cm³/mol. The van der Waals surface area contributed by atoms with Crippen molar-refractivity contribution in [2.24, 2.45) is 0 Å². The standard InChI is InChI=1S/C22H28N6O/c1-3-10-28(11-4-2)14-21(29)26-17-6-5-7-18(13-17)27-22-19-12-16(23)8-9-20(19)24-15-25-22/h5-9,12-13,15H,3-4,10-11,14,23H2,1-2H3,(H,26,29)(H,24,25,27). The number of nitrogens with one attached hydrogen (secondary N) is 2. The first-order valence-corrected chi connectivity index (χ1v) is 9.98. The van der Waals surface area contributed by atoms with E-state index < -0.39 is 0 Å². The van der Waals surface area contributed by atoms with Gasteiger partial charge in [-0.15, -0.1) is 0 Å². The number of rotatable bonds is 9. The van der Waals surface area contributed by atoms with Crippen LogP contribution in [0.3, 0.4) is 0 Å². The van der Waals surface area contributed by atoms with Crippen molar-refractivity contribution in [3.63, 3.8) is 0 Å². The fourth-order valence-corrected chi connectivity index (χ4v) is 3.29. The Bertz CT molecular complexity index is 968. The third-order valence-electron chi connectivity index (χ3n) is 4.52. The van der Waals surface area contributed by atoms with Crippen LogP contribution in [0.15, 0.2) is 48.8 Å². The smallest absolute Gasteiger partial charge is 0.238 e. The first-order valence-electron chi connectivity index (χ1n) is 9.98. The number of carbonyl (C=O) groups is 1. The molecule has 0 aliphatic carbocycles. The van der Waals surface area contributed by atoms with E-state index in [1.165, 1.54) is 6.33 Å². The number of nitrogen functional groups attached to an aromatic ring is 1.